The zero-order chi connectivity index (χ0) is 19.9. The highest BCUT2D eigenvalue weighted by Gasteiger charge is 2.14. The molecule has 0 aliphatic rings. The minimum absolute atomic E-state index is 0.681. The van der Waals surface area contributed by atoms with Crippen molar-refractivity contribution in [3.05, 3.63) is 71.2 Å². The molecule has 0 N–H and O–H groups in total. The minimum Gasteiger partial charge on any atom is -0.372 e. The highest BCUT2D eigenvalue weighted by atomic mass is 79.9. The Morgan fingerprint density at radius 2 is 1.86 bits per heavy atom. The molecule has 6 heteroatoms. The highest BCUT2D eigenvalue weighted by molar-refractivity contribution is 9.10. The van der Waals surface area contributed by atoms with Crippen molar-refractivity contribution < 1.29 is 0 Å². The van der Waals surface area contributed by atoms with E-state index in [0.29, 0.717) is 6.54 Å². The molecular weight excluding hydrogens is 432 g/mol. The van der Waals surface area contributed by atoms with E-state index in [0.717, 1.165) is 39.9 Å². The fraction of sp³-hybridized carbons (Fsp3) is 0.273. The third kappa shape index (κ3) is 4.86. The smallest absolute Gasteiger partial charge is 0.192 e. The van der Waals surface area contributed by atoms with Gasteiger partial charge in [0.05, 0.1) is 0 Å². The van der Waals surface area contributed by atoms with Crippen LogP contribution in [0.25, 0.3) is 11.4 Å². The molecule has 0 bridgehead atoms. The molecule has 0 fully saturated rings. The van der Waals surface area contributed by atoms with E-state index in [1.54, 1.807) is 11.8 Å². The Kier molecular flexibility index (Phi) is 7.34. The molecule has 0 aliphatic heterocycles. The number of thioether (sulfide) groups is 1. The van der Waals surface area contributed by atoms with Crippen LogP contribution in [0.2, 0.25) is 0 Å². The predicted octanol–water partition coefficient (Wildman–Crippen LogP) is 6.03. The van der Waals surface area contributed by atoms with Crippen LogP contribution in [-0.2, 0) is 12.3 Å². The quantitative estimate of drug-likeness (QED) is 0.290. The molecular formula is C22H25BrN4S. The summed E-state index contributed by atoms with van der Waals surface area (Å²) in [5.74, 6) is 1.72. The molecule has 3 aromatic rings. The van der Waals surface area contributed by atoms with Gasteiger partial charge in [-0.25, -0.2) is 0 Å². The van der Waals surface area contributed by atoms with Gasteiger partial charge in [0.1, 0.15) is 0 Å². The maximum atomic E-state index is 4.47. The van der Waals surface area contributed by atoms with E-state index < -0.39 is 0 Å². The van der Waals surface area contributed by atoms with Crippen LogP contribution in [0, 0.1) is 0 Å². The number of aromatic nitrogens is 3. The number of allylic oxidation sites excluding steroid dienone is 1. The SMILES string of the molecule is C=CCn1c(SCc2cccc(Br)c2)nnc1-c1ccc(N(CC)CC)cc1. The van der Waals surface area contributed by atoms with Crippen molar-refractivity contribution in [2.24, 2.45) is 0 Å². The van der Waals surface area contributed by atoms with Crippen LogP contribution in [0.15, 0.2) is 70.8 Å². The number of anilines is 1. The summed E-state index contributed by atoms with van der Waals surface area (Å²) in [6, 6.07) is 16.9. The van der Waals surface area contributed by atoms with Gasteiger partial charge in [-0.1, -0.05) is 45.9 Å². The number of benzene rings is 2. The van der Waals surface area contributed by atoms with E-state index in [1.807, 2.05) is 12.1 Å². The summed E-state index contributed by atoms with van der Waals surface area (Å²) in [5, 5.41) is 9.82. The molecule has 0 saturated carbocycles. The van der Waals surface area contributed by atoms with Crippen LogP contribution < -0.4 is 4.90 Å². The lowest BCUT2D eigenvalue weighted by Crippen LogP contribution is -2.21. The van der Waals surface area contributed by atoms with E-state index in [2.05, 4.69) is 98.5 Å². The maximum Gasteiger partial charge on any atom is 0.192 e. The number of nitrogens with zero attached hydrogens (tertiary/aromatic N) is 4. The Balaban J connectivity index is 1.83. The van der Waals surface area contributed by atoms with Crippen molar-refractivity contribution in [3.8, 4) is 11.4 Å². The van der Waals surface area contributed by atoms with Gasteiger partial charge < -0.3 is 4.90 Å². The van der Waals surface area contributed by atoms with Gasteiger partial charge in [0.25, 0.3) is 0 Å². The maximum absolute atomic E-state index is 4.47. The molecule has 0 amide bonds. The van der Waals surface area contributed by atoms with Crippen LogP contribution in [0.5, 0.6) is 0 Å². The van der Waals surface area contributed by atoms with Crippen LogP contribution in [0.4, 0.5) is 5.69 Å². The summed E-state index contributed by atoms with van der Waals surface area (Å²) >= 11 is 5.22. The largest absolute Gasteiger partial charge is 0.372 e. The van der Waals surface area contributed by atoms with Crippen molar-refractivity contribution in [3.63, 3.8) is 0 Å². The number of rotatable bonds is 9. The van der Waals surface area contributed by atoms with Crippen molar-refractivity contribution in [2.45, 2.75) is 31.3 Å². The fourth-order valence-electron chi connectivity index (χ4n) is 3.09. The van der Waals surface area contributed by atoms with E-state index >= 15 is 0 Å². The van der Waals surface area contributed by atoms with Crippen molar-refractivity contribution >= 4 is 33.4 Å². The molecule has 0 saturated heterocycles. The molecule has 0 spiro atoms. The van der Waals surface area contributed by atoms with Crippen molar-refractivity contribution in [1.29, 1.82) is 0 Å². The standard InChI is InChI=1S/C22H25BrN4S/c1-4-14-27-21(18-10-12-20(13-11-18)26(5-2)6-3)24-25-22(27)28-16-17-8-7-9-19(23)15-17/h4,7-13,15H,1,5-6,14,16H2,2-3H3. The molecule has 146 valence electrons. The zero-order valence-corrected chi connectivity index (χ0v) is 18.7. The second-order valence-corrected chi connectivity index (χ2v) is 8.20. The molecule has 4 nitrogen and oxygen atoms in total. The Bertz CT molecular complexity index is 917. The third-order valence-corrected chi connectivity index (χ3v) is 6.07. The first-order valence-corrected chi connectivity index (χ1v) is 11.2. The van der Waals surface area contributed by atoms with Gasteiger partial charge in [-0.3, -0.25) is 4.57 Å². The molecule has 3 rings (SSSR count). The van der Waals surface area contributed by atoms with Gasteiger partial charge >= 0.3 is 0 Å². The van der Waals surface area contributed by atoms with Gasteiger partial charge in [-0.2, -0.15) is 0 Å². The molecule has 0 radical (unpaired) electrons. The van der Waals surface area contributed by atoms with Crippen LogP contribution in [0.1, 0.15) is 19.4 Å². The molecule has 0 unspecified atom stereocenters. The minimum atomic E-state index is 0.681. The average molecular weight is 457 g/mol. The third-order valence-electron chi connectivity index (χ3n) is 4.54. The van der Waals surface area contributed by atoms with Crippen LogP contribution in [0.3, 0.4) is 0 Å². The van der Waals surface area contributed by atoms with Crippen LogP contribution in [-0.4, -0.2) is 27.9 Å². The molecule has 28 heavy (non-hydrogen) atoms. The Hall–Kier alpha value is -2.05. The normalized spacial score (nSPS) is 10.8. The zero-order valence-electron chi connectivity index (χ0n) is 16.3. The first kappa shape index (κ1) is 20.7. The van der Waals surface area contributed by atoms with E-state index in [9.17, 15) is 0 Å². The summed E-state index contributed by atoms with van der Waals surface area (Å²) in [5.41, 5.74) is 3.55. The molecule has 2 aromatic carbocycles. The summed E-state index contributed by atoms with van der Waals surface area (Å²) in [7, 11) is 0. The van der Waals surface area contributed by atoms with Gasteiger partial charge in [-0.05, 0) is 55.8 Å². The van der Waals surface area contributed by atoms with E-state index in [1.165, 1.54) is 11.3 Å². The summed E-state index contributed by atoms with van der Waals surface area (Å²) in [6.45, 7) is 10.9. The van der Waals surface area contributed by atoms with Gasteiger partial charge in [0.15, 0.2) is 11.0 Å². The molecule has 1 aromatic heterocycles. The monoisotopic (exact) mass is 456 g/mol. The van der Waals surface area contributed by atoms with Gasteiger partial charge in [0, 0.05) is 41.1 Å². The lowest BCUT2D eigenvalue weighted by Gasteiger charge is -2.21. The topological polar surface area (TPSA) is 34.0 Å². The first-order valence-electron chi connectivity index (χ1n) is 9.43. The molecule has 0 atom stereocenters. The summed E-state index contributed by atoms with van der Waals surface area (Å²) < 4.78 is 3.22. The average Bonchev–Trinajstić information content (AvgIpc) is 3.11. The second kappa shape index (κ2) is 9.94. The second-order valence-electron chi connectivity index (χ2n) is 6.34. The van der Waals surface area contributed by atoms with E-state index in [4.69, 9.17) is 0 Å². The Morgan fingerprint density at radius 1 is 1.11 bits per heavy atom. The van der Waals surface area contributed by atoms with E-state index in [-0.39, 0.29) is 0 Å². The number of hydrogen-bond donors (Lipinski definition) is 0. The lowest BCUT2D eigenvalue weighted by molar-refractivity contribution is 0.731. The fourth-order valence-corrected chi connectivity index (χ4v) is 4.42. The Morgan fingerprint density at radius 3 is 2.50 bits per heavy atom. The summed E-state index contributed by atoms with van der Waals surface area (Å²) in [4.78, 5) is 2.33. The van der Waals surface area contributed by atoms with Crippen LogP contribution >= 0.6 is 27.7 Å². The van der Waals surface area contributed by atoms with Crippen molar-refractivity contribution in [1.82, 2.24) is 14.8 Å². The number of halogens is 1. The Labute approximate surface area is 179 Å². The summed E-state index contributed by atoms with van der Waals surface area (Å²) in [6.07, 6.45) is 1.89. The lowest BCUT2D eigenvalue weighted by atomic mass is 10.2. The molecule has 1 heterocycles. The number of hydrogen-bond acceptors (Lipinski definition) is 4. The predicted molar refractivity (Wildman–Crippen MR) is 123 cm³/mol. The highest BCUT2D eigenvalue weighted by Crippen LogP contribution is 2.28. The molecule has 0 aliphatic carbocycles. The van der Waals surface area contributed by atoms with Crippen molar-refractivity contribution in [2.75, 3.05) is 18.0 Å². The van der Waals surface area contributed by atoms with Gasteiger partial charge in [0.2, 0.25) is 0 Å². The first-order chi connectivity index (χ1) is 13.7. The van der Waals surface area contributed by atoms with Gasteiger partial charge in [-0.15, -0.1) is 16.8 Å².